The summed E-state index contributed by atoms with van der Waals surface area (Å²) in [6.45, 7) is 0.446. The fraction of sp³-hybridized carbons (Fsp3) is 0.238. The number of nitrogens with zero attached hydrogens (tertiary/aromatic N) is 5. The number of ether oxygens (including phenoxy) is 4. The first kappa shape index (κ1) is 35.5. The highest BCUT2D eigenvalue weighted by Gasteiger charge is 2.45. The maximum absolute atomic E-state index is 13.0. The number of aromatic nitrogens is 5. The molecule has 15 nitrogen and oxygen atoms in total. The van der Waals surface area contributed by atoms with Crippen LogP contribution in [0.4, 0.5) is 0 Å². The molecule has 5 aromatic heterocycles. The molecule has 1 saturated carbocycles. The lowest BCUT2D eigenvalue weighted by Crippen LogP contribution is -2.54. The minimum Gasteiger partial charge on any atom is -0.489 e. The number of H-pyrrole nitrogens is 1. The van der Waals surface area contributed by atoms with Gasteiger partial charge >= 0.3 is 0 Å². The molecule has 15 heteroatoms. The number of imide groups is 2. The van der Waals surface area contributed by atoms with E-state index in [1.54, 1.807) is 18.5 Å². The number of piperidine rings is 1. The minimum atomic E-state index is -1.05. The van der Waals surface area contributed by atoms with E-state index in [1.165, 1.54) is 12.3 Å². The lowest BCUT2D eigenvalue weighted by Gasteiger charge is -2.34. The Hall–Kier alpha value is -7.18. The van der Waals surface area contributed by atoms with Crippen LogP contribution in [0, 0.1) is 11.8 Å². The van der Waals surface area contributed by atoms with Crippen LogP contribution in [0.5, 0.6) is 17.5 Å². The Morgan fingerprint density at radius 2 is 1.60 bits per heavy atom. The molecule has 6 aromatic rings. The summed E-state index contributed by atoms with van der Waals surface area (Å²) in [4.78, 5) is 71.1. The number of hydrogen-bond donors (Lipinski definition) is 2. The first-order chi connectivity index (χ1) is 27.9. The van der Waals surface area contributed by atoms with Gasteiger partial charge in [-0.2, -0.15) is 0 Å². The molecule has 57 heavy (non-hydrogen) atoms. The van der Waals surface area contributed by atoms with Crippen molar-refractivity contribution in [3.05, 3.63) is 102 Å². The van der Waals surface area contributed by atoms with Crippen molar-refractivity contribution in [1.82, 2.24) is 35.1 Å². The molecule has 0 spiro atoms. The molecule has 284 valence electrons. The second kappa shape index (κ2) is 15.2. The van der Waals surface area contributed by atoms with Gasteiger partial charge in [0.2, 0.25) is 23.6 Å². The van der Waals surface area contributed by atoms with Crippen molar-refractivity contribution in [3.8, 4) is 40.5 Å². The standard InChI is InChI=1S/C42H33N7O8/c50-37-9-8-36(40(51)48-37)49-41(52)31-19-39(46-23-33(31)42(49)53)55-15-14-54-13-1-2-26-5-6-27(21-44-26)56-28-17-29(18-28)57-38-10-4-25(20-45-38)24-3-7-30-32-22-43-12-11-34(32)47-35(30)16-24/h3-7,10-12,16,19-23,28-29,36,47H,8-9,13-15,17-18H2,(H,48,50,51). The summed E-state index contributed by atoms with van der Waals surface area (Å²) < 4.78 is 23.3. The molecule has 1 atom stereocenters. The Balaban J connectivity index is 0.679. The van der Waals surface area contributed by atoms with Gasteiger partial charge in [0.25, 0.3) is 11.8 Å². The van der Waals surface area contributed by atoms with Crippen LogP contribution in [0.15, 0.2) is 85.6 Å². The van der Waals surface area contributed by atoms with Crippen LogP contribution >= 0.6 is 0 Å². The molecule has 3 aliphatic rings. The minimum absolute atomic E-state index is 0.0179. The summed E-state index contributed by atoms with van der Waals surface area (Å²) in [6, 6.07) is 16.1. The van der Waals surface area contributed by atoms with Crippen molar-refractivity contribution in [2.45, 2.75) is 43.9 Å². The third kappa shape index (κ3) is 7.33. The topological polar surface area (TPSA) is 188 Å². The normalized spacial score (nSPS) is 18.8. The maximum Gasteiger partial charge on any atom is 0.263 e. The zero-order chi connectivity index (χ0) is 38.9. The second-order valence-corrected chi connectivity index (χ2v) is 13.7. The van der Waals surface area contributed by atoms with Crippen LogP contribution in [-0.2, 0) is 14.3 Å². The van der Waals surface area contributed by atoms with E-state index < -0.39 is 29.7 Å². The van der Waals surface area contributed by atoms with Gasteiger partial charge in [0.05, 0.1) is 23.9 Å². The van der Waals surface area contributed by atoms with Crippen LogP contribution in [0.25, 0.3) is 32.9 Å². The summed E-state index contributed by atoms with van der Waals surface area (Å²) in [6.07, 6.45) is 10.0. The molecular weight excluding hydrogens is 731 g/mol. The smallest absolute Gasteiger partial charge is 0.263 e. The second-order valence-electron chi connectivity index (χ2n) is 13.7. The highest BCUT2D eigenvalue weighted by Crippen LogP contribution is 2.32. The van der Waals surface area contributed by atoms with Gasteiger partial charge in [0.15, 0.2) is 0 Å². The molecular formula is C42H33N7O8. The zero-order valence-electron chi connectivity index (χ0n) is 30.3. The number of benzene rings is 1. The molecule has 4 amide bonds. The van der Waals surface area contributed by atoms with Crippen LogP contribution < -0.4 is 19.5 Å². The van der Waals surface area contributed by atoms with Gasteiger partial charge < -0.3 is 23.9 Å². The average molecular weight is 764 g/mol. The molecule has 1 unspecified atom stereocenters. The van der Waals surface area contributed by atoms with Crippen LogP contribution in [0.2, 0.25) is 0 Å². The summed E-state index contributed by atoms with van der Waals surface area (Å²) in [7, 11) is 0. The molecule has 2 N–H and O–H groups in total. The van der Waals surface area contributed by atoms with E-state index in [1.807, 2.05) is 36.7 Å². The van der Waals surface area contributed by atoms with E-state index in [-0.39, 0.29) is 61.9 Å². The molecule has 1 saturated heterocycles. The summed E-state index contributed by atoms with van der Waals surface area (Å²) >= 11 is 0. The number of carbonyl (C=O) groups is 4. The Morgan fingerprint density at radius 1 is 0.754 bits per heavy atom. The first-order valence-corrected chi connectivity index (χ1v) is 18.4. The van der Waals surface area contributed by atoms with Gasteiger partial charge in [-0.05, 0) is 48.2 Å². The van der Waals surface area contributed by atoms with Crippen LogP contribution in [0.3, 0.4) is 0 Å². The van der Waals surface area contributed by atoms with E-state index in [0.717, 1.165) is 50.7 Å². The summed E-state index contributed by atoms with van der Waals surface area (Å²) in [5.74, 6) is 4.84. The average Bonchev–Trinajstić information content (AvgIpc) is 3.70. The van der Waals surface area contributed by atoms with E-state index >= 15 is 0 Å². The number of pyridine rings is 4. The number of nitrogens with one attached hydrogen (secondary N) is 2. The highest BCUT2D eigenvalue weighted by molar-refractivity contribution is 6.23. The predicted octanol–water partition coefficient (Wildman–Crippen LogP) is 4.41. The SMILES string of the molecule is O=C1CCC(N2C(=O)c3cnc(OCCOCC#Cc4ccc(OC5CC(Oc6ccc(-c7ccc8c(c7)[nH]c7ccncc78)cn6)C5)cn4)cc3C2=O)C(=O)N1. The first-order valence-electron chi connectivity index (χ1n) is 18.4. The van der Waals surface area contributed by atoms with Crippen molar-refractivity contribution in [2.75, 3.05) is 19.8 Å². The maximum atomic E-state index is 13.0. The van der Waals surface area contributed by atoms with Crippen molar-refractivity contribution in [2.24, 2.45) is 0 Å². The molecule has 2 fully saturated rings. The highest BCUT2D eigenvalue weighted by atomic mass is 16.5. The van der Waals surface area contributed by atoms with E-state index in [0.29, 0.717) is 17.3 Å². The van der Waals surface area contributed by atoms with Gasteiger partial charge in [-0.15, -0.1) is 0 Å². The largest absolute Gasteiger partial charge is 0.489 e. The fourth-order valence-electron chi connectivity index (χ4n) is 7.02. The fourth-order valence-corrected chi connectivity index (χ4v) is 7.02. The number of rotatable bonds is 11. The Kier molecular flexibility index (Phi) is 9.45. The van der Waals surface area contributed by atoms with Gasteiger partial charge in [-0.1, -0.05) is 18.1 Å². The molecule has 0 bridgehead atoms. The molecule has 2 aliphatic heterocycles. The number of fused-ring (bicyclic) bond motifs is 4. The number of aromatic amines is 1. The third-order valence-corrected chi connectivity index (χ3v) is 10.0. The van der Waals surface area contributed by atoms with Crippen molar-refractivity contribution < 1.29 is 38.1 Å². The molecule has 1 aromatic carbocycles. The van der Waals surface area contributed by atoms with Crippen molar-refractivity contribution in [3.63, 3.8) is 0 Å². The molecule has 9 rings (SSSR count). The van der Waals surface area contributed by atoms with E-state index in [9.17, 15) is 19.2 Å². The lowest BCUT2D eigenvalue weighted by molar-refractivity contribution is -0.136. The molecule has 7 heterocycles. The van der Waals surface area contributed by atoms with Gasteiger partial charge in [-0.3, -0.25) is 34.4 Å². The Morgan fingerprint density at radius 3 is 2.42 bits per heavy atom. The monoisotopic (exact) mass is 763 g/mol. The van der Waals surface area contributed by atoms with Gasteiger partial charge in [0, 0.05) is 83.6 Å². The van der Waals surface area contributed by atoms with Crippen molar-refractivity contribution >= 4 is 45.4 Å². The molecule has 1 aliphatic carbocycles. The van der Waals surface area contributed by atoms with Crippen LogP contribution in [-0.4, -0.2) is 91.5 Å². The predicted molar refractivity (Wildman–Crippen MR) is 203 cm³/mol. The summed E-state index contributed by atoms with van der Waals surface area (Å²) in [5, 5.41) is 4.41. The van der Waals surface area contributed by atoms with Crippen LogP contribution in [0.1, 0.15) is 52.1 Å². The number of amides is 4. The van der Waals surface area contributed by atoms with Crippen molar-refractivity contribution in [1.29, 1.82) is 0 Å². The van der Waals surface area contributed by atoms with E-state index in [2.05, 4.69) is 60.3 Å². The van der Waals surface area contributed by atoms with Gasteiger partial charge in [-0.25, -0.2) is 15.0 Å². The quantitative estimate of drug-likeness (QED) is 0.108. The Labute approximate surface area is 324 Å². The number of carbonyl (C=O) groups excluding carboxylic acids is 4. The summed E-state index contributed by atoms with van der Waals surface area (Å²) in [5.41, 5.74) is 4.91. The van der Waals surface area contributed by atoms with E-state index in [4.69, 9.17) is 18.9 Å². The third-order valence-electron chi connectivity index (χ3n) is 10.0. The zero-order valence-corrected chi connectivity index (χ0v) is 30.3. The number of hydrogen-bond acceptors (Lipinski definition) is 12. The Bertz CT molecular complexity index is 2610. The van der Waals surface area contributed by atoms with Gasteiger partial charge in [0.1, 0.15) is 42.9 Å². The molecule has 0 radical (unpaired) electrons. The lowest BCUT2D eigenvalue weighted by atomic mass is 9.92.